The molecule has 0 aromatic rings. The van der Waals surface area contributed by atoms with Gasteiger partial charge in [-0.1, -0.05) is 26.2 Å². The van der Waals surface area contributed by atoms with Gasteiger partial charge < -0.3 is 24.6 Å². The predicted molar refractivity (Wildman–Crippen MR) is 105 cm³/mol. The maximum atomic E-state index is 13.0. The smallest absolute Gasteiger partial charge is 0.409 e. The molecule has 1 saturated carbocycles. The van der Waals surface area contributed by atoms with Crippen LogP contribution in [0.3, 0.4) is 0 Å². The van der Waals surface area contributed by atoms with Crippen molar-refractivity contribution in [1.29, 1.82) is 0 Å². The molecule has 1 aliphatic carbocycles. The Balaban J connectivity index is 1.85. The lowest BCUT2D eigenvalue weighted by Crippen LogP contribution is -2.56. The lowest BCUT2D eigenvalue weighted by Gasteiger charge is -2.36. The number of unbranched alkanes of at least 4 members (excludes halogenated alkanes) is 1. The van der Waals surface area contributed by atoms with Crippen LogP contribution in [0, 0.1) is 5.92 Å². The number of rotatable bonds is 7. The third kappa shape index (κ3) is 7.56. The number of amides is 3. The van der Waals surface area contributed by atoms with Gasteiger partial charge in [-0.25, -0.2) is 9.59 Å². The number of hydrogen-bond donors (Lipinski definition) is 1. The SMILES string of the molecule is CCCCOC(=O)N1CCN(C(=O)C(CC2CC2)NC(=O)OC(C)(C)C)CC1. The molecule has 28 heavy (non-hydrogen) atoms. The van der Waals surface area contributed by atoms with Gasteiger partial charge in [-0.15, -0.1) is 0 Å². The number of hydrogen-bond acceptors (Lipinski definition) is 5. The van der Waals surface area contributed by atoms with Crippen LogP contribution in [0.5, 0.6) is 0 Å². The zero-order valence-electron chi connectivity index (χ0n) is 17.7. The fourth-order valence-electron chi connectivity index (χ4n) is 3.08. The fourth-order valence-corrected chi connectivity index (χ4v) is 3.08. The van der Waals surface area contributed by atoms with Crippen LogP contribution in [0.4, 0.5) is 9.59 Å². The van der Waals surface area contributed by atoms with Gasteiger partial charge in [0.25, 0.3) is 0 Å². The summed E-state index contributed by atoms with van der Waals surface area (Å²) in [6.45, 7) is 9.63. The molecule has 0 aromatic carbocycles. The summed E-state index contributed by atoms with van der Waals surface area (Å²) in [6, 6.07) is -0.578. The summed E-state index contributed by atoms with van der Waals surface area (Å²) in [4.78, 5) is 40.5. The number of piperazine rings is 1. The van der Waals surface area contributed by atoms with Gasteiger partial charge in [-0.2, -0.15) is 0 Å². The van der Waals surface area contributed by atoms with Crippen LogP contribution in [0.1, 0.15) is 59.8 Å². The van der Waals surface area contributed by atoms with Crippen molar-refractivity contribution in [2.24, 2.45) is 5.92 Å². The Hall–Kier alpha value is -1.99. The normalized spacial score (nSPS) is 18.4. The van der Waals surface area contributed by atoms with Crippen molar-refractivity contribution in [3.63, 3.8) is 0 Å². The van der Waals surface area contributed by atoms with Crippen molar-refractivity contribution in [2.75, 3.05) is 32.8 Å². The molecule has 8 heteroatoms. The Bertz CT molecular complexity index is 549. The highest BCUT2D eigenvalue weighted by Gasteiger charge is 2.35. The Labute approximate surface area is 167 Å². The van der Waals surface area contributed by atoms with Crippen molar-refractivity contribution in [3.8, 4) is 0 Å². The van der Waals surface area contributed by atoms with Crippen molar-refractivity contribution < 1.29 is 23.9 Å². The predicted octanol–water partition coefficient (Wildman–Crippen LogP) is 2.76. The fraction of sp³-hybridized carbons (Fsp3) is 0.850. The van der Waals surface area contributed by atoms with Crippen LogP contribution < -0.4 is 5.32 Å². The highest BCUT2D eigenvalue weighted by Crippen LogP contribution is 2.34. The summed E-state index contributed by atoms with van der Waals surface area (Å²) in [6.07, 6.45) is 3.77. The van der Waals surface area contributed by atoms with Crippen LogP contribution in [0.15, 0.2) is 0 Å². The minimum Gasteiger partial charge on any atom is -0.449 e. The Morgan fingerprint density at radius 3 is 2.21 bits per heavy atom. The lowest BCUT2D eigenvalue weighted by molar-refractivity contribution is -0.135. The van der Waals surface area contributed by atoms with E-state index < -0.39 is 17.7 Å². The molecule has 2 rings (SSSR count). The van der Waals surface area contributed by atoms with E-state index in [4.69, 9.17) is 9.47 Å². The molecule has 0 radical (unpaired) electrons. The maximum Gasteiger partial charge on any atom is 0.409 e. The van der Waals surface area contributed by atoms with Gasteiger partial charge in [0.15, 0.2) is 0 Å². The second kappa shape index (κ2) is 9.98. The molecule has 1 heterocycles. The quantitative estimate of drug-likeness (QED) is 0.668. The molecule has 1 atom stereocenters. The maximum absolute atomic E-state index is 13.0. The summed E-state index contributed by atoms with van der Waals surface area (Å²) in [5.41, 5.74) is -0.610. The minimum atomic E-state index is -0.610. The van der Waals surface area contributed by atoms with Crippen LogP contribution in [-0.2, 0) is 14.3 Å². The van der Waals surface area contributed by atoms with Gasteiger partial charge >= 0.3 is 12.2 Å². The second-order valence-electron chi connectivity index (χ2n) is 8.66. The molecule has 160 valence electrons. The molecule has 8 nitrogen and oxygen atoms in total. The monoisotopic (exact) mass is 397 g/mol. The first-order valence-corrected chi connectivity index (χ1v) is 10.4. The third-order valence-corrected chi connectivity index (χ3v) is 4.83. The largest absolute Gasteiger partial charge is 0.449 e. The van der Waals surface area contributed by atoms with E-state index in [1.807, 2.05) is 6.92 Å². The molecular formula is C20H35N3O5. The topological polar surface area (TPSA) is 88.2 Å². The molecule has 2 fully saturated rings. The van der Waals surface area contributed by atoms with E-state index in [-0.39, 0.29) is 12.0 Å². The zero-order valence-corrected chi connectivity index (χ0v) is 17.7. The first-order valence-electron chi connectivity index (χ1n) is 10.4. The summed E-state index contributed by atoms with van der Waals surface area (Å²) < 4.78 is 10.5. The summed E-state index contributed by atoms with van der Waals surface area (Å²) in [7, 11) is 0. The molecule has 2 aliphatic rings. The molecule has 1 aliphatic heterocycles. The number of alkyl carbamates (subject to hydrolysis) is 1. The van der Waals surface area contributed by atoms with E-state index in [1.54, 1.807) is 30.6 Å². The first-order chi connectivity index (χ1) is 13.2. The highest BCUT2D eigenvalue weighted by molar-refractivity contribution is 5.86. The van der Waals surface area contributed by atoms with Gasteiger partial charge in [0.2, 0.25) is 5.91 Å². The highest BCUT2D eigenvalue weighted by atomic mass is 16.6. The number of carbonyl (C=O) groups excluding carboxylic acids is 3. The van der Waals surface area contributed by atoms with E-state index in [1.165, 1.54) is 0 Å². The third-order valence-electron chi connectivity index (χ3n) is 4.83. The van der Waals surface area contributed by atoms with Crippen molar-refractivity contribution in [3.05, 3.63) is 0 Å². The number of nitrogens with zero attached hydrogens (tertiary/aromatic N) is 2. The van der Waals surface area contributed by atoms with Crippen molar-refractivity contribution in [2.45, 2.75) is 71.4 Å². The molecule has 1 N–H and O–H groups in total. The van der Waals surface area contributed by atoms with Gasteiger partial charge in [0.05, 0.1) is 6.61 Å². The summed E-state index contributed by atoms with van der Waals surface area (Å²) in [5.74, 6) is 0.385. The van der Waals surface area contributed by atoms with Gasteiger partial charge in [-0.3, -0.25) is 4.79 Å². The molecule has 1 saturated heterocycles. The molecule has 0 aromatic heterocycles. The average molecular weight is 398 g/mol. The van der Waals surface area contributed by atoms with Crippen LogP contribution in [-0.4, -0.2) is 72.3 Å². The average Bonchev–Trinajstić information content (AvgIpc) is 3.43. The van der Waals surface area contributed by atoms with E-state index in [9.17, 15) is 14.4 Å². The Morgan fingerprint density at radius 2 is 1.68 bits per heavy atom. The van der Waals surface area contributed by atoms with Crippen LogP contribution >= 0.6 is 0 Å². The number of nitrogens with one attached hydrogen (secondary N) is 1. The number of carbonyl (C=O) groups is 3. The zero-order chi connectivity index (χ0) is 20.7. The number of ether oxygens (including phenoxy) is 2. The van der Waals surface area contributed by atoms with E-state index in [0.29, 0.717) is 45.1 Å². The molecule has 0 spiro atoms. The van der Waals surface area contributed by atoms with Crippen LogP contribution in [0.25, 0.3) is 0 Å². The minimum absolute atomic E-state index is 0.100. The van der Waals surface area contributed by atoms with Crippen LogP contribution in [0.2, 0.25) is 0 Å². The molecule has 1 unspecified atom stereocenters. The molecule has 0 bridgehead atoms. The Morgan fingerprint density at radius 1 is 1.07 bits per heavy atom. The van der Waals surface area contributed by atoms with Gasteiger partial charge in [0, 0.05) is 26.2 Å². The van der Waals surface area contributed by atoms with Crippen molar-refractivity contribution >= 4 is 18.1 Å². The van der Waals surface area contributed by atoms with E-state index >= 15 is 0 Å². The van der Waals surface area contributed by atoms with E-state index in [2.05, 4.69) is 5.32 Å². The Kier molecular flexibility index (Phi) is 7.95. The lowest BCUT2D eigenvalue weighted by atomic mass is 10.1. The summed E-state index contributed by atoms with van der Waals surface area (Å²) >= 11 is 0. The standard InChI is InChI=1S/C20H35N3O5/c1-5-6-13-27-19(26)23-11-9-22(10-12-23)17(24)16(14-15-7-8-15)21-18(25)28-20(2,3)4/h15-16H,5-14H2,1-4H3,(H,21,25). The van der Waals surface area contributed by atoms with Gasteiger partial charge in [0.1, 0.15) is 11.6 Å². The molecule has 3 amide bonds. The second-order valence-corrected chi connectivity index (χ2v) is 8.66. The van der Waals surface area contributed by atoms with Gasteiger partial charge in [-0.05, 0) is 39.5 Å². The summed E-state index contributed by atoms with van der Waals surface area (Å²) in [5, 5.41) is 2.75. The van der Waals surface area contributed by atoms with E-state index in [0.717, 1.165) is 25.7 Å². The van der Waals surface area contributed by atoms with Crippen molar-refractivity contribution in [1.82, 2.24) is 15.1 Å². The molecular weight excluding hydrogens is 362 g/mol. The first kappa shape index (κ1) is 22.3.